The van der Waals surface area contributed by atoms with E-state index in [0.29, 0.717) is 27.9 Å². The number of hydrogen-bond acceptors (Lipinski definition) is 3. The van der Waals surface area contributed by atoms with Crippen LogP contribution in [-0.4, -0.2) is 14.5 Å². The van der Waals surface area contributed by atoms with Crippen LogP contribution in [0.2, 0.25) is 0 Å². The standard InChI is InChI=1S/C22H18FN3O2/c1-13(2)26-12-15(5-8-20(26)28)17-11-18-19(27)9-10-24-22(18)25-21(17)14-3-6-16(23)7-4-14/h3-13H,1-2H3,(H,24,25,27). The predicted octanol–water partition coefficient (Wildman–Crippen LogP) is 4.14. The van der Waals surface area contributed by atoms with Gasteiger partial charge in [0.2, 0.25) is 0 Å². The highest BCUT2D eigenvalue weighted by Crippen LogP contribution is 2.32. The Morgan fingerprint density at radius 1 is 1.00 bits per heavy atom. The van der Waals surface area contributed by atoms with Gasteiger partial charge in [0.25, 0.3) is 5.56 Å². The maximum atomic E-state index is 13.4. The number of aromatic nitrogens is 3. The summed E-state index contributed by atoms with van der Waals surface area (Å²) < 4.78 is 15.0. The van der Waals surface area contributed by atoms with Crippen molar-refractivity contribution in [2.24, 2.45) is 0 Å². The Bertz CT molecular complexity index is 1290. The summed E-state index contributed by atoms with van der Waals surface area (Å²) in [4.78, 5) is 32.1. The zero-order chi connectivity index (χ0) is 19.8. The van der Waals surface area contributed by atoms with Gasteiger partial charge < -0.3 is 9.55 Å². The van der Waals surface area contributed by atoms with Crippen molar-refractivity contribution in [3.05, 3.63) is 87.3 Å². The van der Waals surface area contributed by atoms with Crippen LogP contribution in [0.3, 0.4) is 0 Å². The van der Waals surface area contributed by atoms with Gasteiger partial charge in [-0.05, 0) is 50.2 Å². The van der Waals surface area contributed by atoms with Crippen molar-refractivity contribution in [3.8, 4) is 22.4 Å². The van der Waals surface area contributed by atoms with Crippen LogP contribution in [-0.2, 0) is 0 Å². The lowest BCUT2D eigenvalue weighted by molar-refractivity contribution is 0.579. The number of rotatable bonds is 3. The third-order valence-corrected chi connectivity index (χ3v) is 4.67. The highest BCUT2D eigenvalue weighted by atomic mass is 19.1. The fourth-order valence-electron chi connectivity index (χ4n) is 3.21. The second kappa shape index (κ2) is 6.88. The summed E-state index contributed by atoms with van der Waals surface area (Å²) in [5, 5.41) is 0.450. The van der Waals surface area contributed by atoms with E-state index in [9.17, 15) is 14.0 Å². The third kappa shape index (κ3) is 3.13. The van der Waals surface area contributed by atoms with E-state index in [1.165, 1.54) is 24.3 Å². The largest absolute Gasteiger partial charge is 0.346 e. The molecule has 3 heterocycles. The fourth-order valence-corrected chi connectivity index (χ4v) is 3.21. The Balaban J connectivity index is 2.06. The number of benzene rings is 1. The Morgan fingerprint density at radius 3 is 2.43 bits per heavy atom. The van der Waals surface area contributed by atoms with Gasteiger partial charge in [0.15, 0.2) is 5.43 Å². The lowest BCUT2D eigenvalue weighted by Gasteiger charge is -2.15. The van der Waals surface area contributed by atoms with Gasteiger partial charge in [-0.2, -0.15) is 0 Å². The van der Waals surface area contributed by atoms with Gasteiger partial charge in [0.1, 0.15) is 11.5 Å². The molecule has 140 valence electrons. The third-order valence-electron chi connectivity index (χ3n) is 4.67. The van der Waals surface area contributed by atoms with Crippen LogP contribution in [0.25, 0.3) is 33.4 Å². The van der Waals surface area contributed by atoms with Crippen LogP contribution in [0.15, 0.2) is 70.5 Å². The predicted molar refractivity (Wildman–Crippen MR) is 108 cm³/mol. The highest BCUT2D eigenvalue weighted by molar-refractivity contribution is 5.89. The number of halogens is 1. The van der Waals surface area contributed by atoms with Gasteiger partial charge in [-0.25, -0.2) is 9.37 Å². The van der Waals surface area contributed by atoms with E-state index < -0.39 is 0 Å². The van der Waals surface area contributed by atoms with E-state index in [2.05, 4.69) is 9.97 Å². The molecule has 0 atom stereocenters. The molecule has 28 heavy (non-hydrogen) atoms. The van der Waals surface area contributed by atoms with Crippen LogP contribution in [0, 0.1) is 5.82 Å². The molecular formula is C22H18FN3O2. The van der Waals surface area contributed by atoms with E-state index in [0.717, 1.165) is 5.56 Å². The lowest BCUT2D eigenvalue weighted by atomic mass is 9.99. The smallest absolute Gasteiger partial charge is 0.250 e. The lowest BCUT2D eigenvalue weighted by Crippen LogP contribution is -2.20. The van der Waals surface area contributed by atoms with Gasteiger partial charge in [0.05, 0.1) is 11.1 Å². The summed E-state index contributed by atoms with van der Waals surface area (Å²) in [5.74, 6) is -0.340. The van der Waals surface area contributed by atoms with Crippen LogP contribution in [0.4, 0.5) is 4.39 Å². The average molecular weight is 375 g/mol. The summed E-state index contributed by atoms with van der Waals surface area (Å²) in [6, 6.07) is 12.4. The quantitative estimate of drug-likeness (QED) is 0.585. The molecule has 0 aliphatic carbocycles. The summed E-state index contributed by atoms with van der Waals surface area (Å²) in [6.45, 7) is 3.85. The second-order valence-corrected chi connectivity index (χ2v) is 6.89. The summed E-state index contributed by atoms with van der Waals surface area (Å²) in [6.07, 6.45) is 3.31. The molecule has 3 aromatic heterocycles. The first kappa shape index (κ1) is 17.9. The average Bonchev–Trinajstić information content (AvgIpc) is 2.68. The molecule has 5 nitrogen and oxygen atoms in total. The number of H-pyrrole nitrogens is 1. The SMILES string of the molecule is CC(C)n1cc(-c2cc3c(=O)cc[nH]c3nc2-c2ccc(F)cc2)ccc1=O. The first-order valence-electron chi connectivity index (χ1n) is 8.95. The Labute approximate surface area is 160 Å². The minimum atomic E-state index is -0.340. The van der Waals surface area contributed by atoms with Crippen molar-refractivity contribution in [2.75, 3.05) is 0 Å². The molecule has 0 spiro atoms. The summed E-state index contributed by atoms with van der Waals surface area (Å²) >= 11 is 0. The topological polar surface area (TPSA) is 67.8 Å². The van der Waals surface area contributed by atoms with Gasteiger partial charge in [-0.3, -0.25) is 9.59 Å². The highest BCUT2D eigenvalue weighted by Gasteiger charge is 2.14. The van der Waals surface area contributed by atoms with Gasteiger partial charge in [-0.15, -0.1) is 0 Å². The molecule has 0 saturated carbocycles. The minimum absolute atomic E-state index is 0.0152. The molecule has 1 N–H and O–H groups in total. The van der Waals surface area contributed by atoms with Crippen molar-refractivity contribution in [3.63, 3.8) is 0 Å². The molecule has 0 bridgehead atoms. The molecule has 0 amide bonds. The fraction of sp³-hybridized carbons (Fsp3) is 0.136. The first-order chi connectivity index (χ1) is 13.4. The van der Waals surface area contributed by atoms with E-state index in [1.54, 1.807) is 41.2 Å². The molecular weight excluding hydrogens is 357 g/mol. The monoisotopic (exact) mass is 375 g/mol. The first-order valence-corrected chi connectivity index (χ1v) is 8.95. The van der Waals surface area contributed by atoms with Crippen LogP contribution >= 0.6 is 0 Å². The molecule has 4 aromatic rings. The molecule has 0 aliphatic heterocycles. The Morgan fingerprint density at radius 2 is 1.71 bits per heavy atom. The van der Waals surface area contributed by atoms with Crippen molar-refractivity contribution in [1.82, 2.24) is 14.5 Å². The molecule has 0 unspecified atom stereocenters. The number of nitrogens with one attached hydrogen (secondary N) is 1. The second-order valence-electron chi connectivity index (χ2n) is 6.89. The molecule has 6 heteroatoms. The van der Waals surface area contributed by atoms with Crippen molar-refractivity contribution < 1.29 is 4.39 Å². The molecule has 0 aliphatic rings. The number of pyridine rings is 3. The number of nitrogens with zero attached hydrogens (tertiary/aromatic N) is 2. The molecule has 4 rings (SSSR count). The van der Waals surface area contributed by atoms with E-state index >= 15 is 0 Å². The Hall–Kier alpha value is -3.54. The van der Waals surface area contributed by atoms with Crippen LogP contribution in [0.1, 0.15) is 19.9 Å². The van der Waals surface area contributed by atoms with Crippen LogP contribution < -0.4 is 11.0 Å². The number of hydrogen-bond donors (Lipinski definition) is 1. The van der Waals surface area contributed by atoms with E-state index in [1.807, 2.05) is 13.8 Å². The van der Waals surface area contributed by atoms with E-state index in [4.69, 9.17) is 0 Å². The maximum absolute atomic E-state index is 13.4. The summed E-state index contributed by atoms with van der Waals surface area (Å²) in [5.41, 5.74) is 2.97. The van der Waals surface area contributed by atoms with Gasteiger partial charge in [0, 0.05) is 47.3 Å². The molecule has 0 saturated heterocycles. The van der Waals surface area contributed by atoms with Crippen molar-refractivity contribution >= 4 is 11.0 Å². The zero-order valence-electron chi connectivity index (χ0n) is 15.4. The van der Waals surface area contributed by atoms with Crippen molar-refractivity contribution in [1.29, 1.82) is 0 Å². The van der Waals surface area contributed by atoms with Gasteiger partial charge >= 0.3 is 0 Å². The minimum Gasteiger partial charge on any atom is -0.346 e. The molecule has 0 radical (unpaired) electrons. The number of aromatic amines is 1. The summed E-state index contributed by atoms with van der Waals surface area (Å²) in [7, 11) is 0. The zero-order valence-corrected chi connectivity index (χ0v) is 15.4. The Kier molecular flexibility index (Phi) is 4.39. The van der Waals surface area contributed by atoms with Crippen LogP contribution in [0.5, 0.6) is 0 Å². The maximum Gasteiger partial charge on any atom is 0.250 e. The molecule has 1 aromatic carbocycles. The number of fused-ring (bicyclic) bond motifs is 1. The molecule has 0 fully saturated rings. The van der Waals surface area contributed by atoms with Crippen molar-refractivity contribution in [2.45, 2.75) is 19.9 Å². The normalized spacial score (nSPS) is 11.3. The van der Waals surface area contributed by atoms with E-state index in [-0.39, 0.29) is 22.8 Å². The van der Waals surface area contributed by atoms with Gasteiger partial charge in [-0.1, -0.05) is 0 Å².